The highest BCUT2D eigenvalue weighted by atomic mass is 16.3. The fourth-order valence-corrected chi connectivity index (χ4v) is 6.23. The monoisotopic (exact) mass is 460 g/mol. The first-order valence-electron chi connectivity index (χ1n) is 12.7. The molecule has 5 aromatic rings. The van der Waals surface area contributed by atoms with E-state index in [1.54, 1.807) is 0 Å². The summed E-state index contributed by atoms with van der Waals surface area (Å²) < 4.78 is 9.03. The van der Waals surface area contributed by atoms with E-state index in [0.29, 0.717) is 0 Å². The van der Waals surface area contributed by atoms with E-state index in [9.17, 15) is 0 Å². The average molecular weight is 461 g/mol. The highest BCUT2D eigenvalue weighted by molar-refractivity contribution is 6.13. The molecule has 0 unspecified atom stereocenters. The standard InChI is InChI=1S/C33H34NO/c1-21-16-17-25-24-13-9-12-23(30(24)35-31(25)28(21)27-15-7-8-20-34(27)6)22-11-10-14-26-29(22)33(4,5)19-18-32(26,2)3/h7-17,20H,18-19H2,1-6H3/q+1. The Morgan fingerprint density at radius 1 is 0.714 bits per heavy atom. The molecule has 0 saturated heterocycles. The minimum Gasteiger partial charge on any atom is -0.454 e. The molecule has 176 valence electrons. The molecule has 2 aromatic heterocycles. The van der Waals surface area contributed by atoms with E-state index in [-0.39, 0.29) is 10.8 Å². The summed E-state index contributed by atoms with van der Waals surface area (Å²) >= 11 is 0. The highest BCUT2D eigenvalue weighted by Gasteiger charge is 2.39. The normalized spacial score (nSPS) is 16.5. The molecular formula is C33H34NO+. The Bertz CT molecular complexity index is 1620. The molecule has 0 spiro atoms. The molecular weight excluding hydrogens is 426 g/mol. The van der Waals surface area contributed by atoms with Crippen LogP contribution in [0, 0.1) is 6.92 Å². The smallest absolute Gasteiger partial charge is 0.216 e. The SMILES string of the molecule is Cc1ccc2c(oc3c(-c4cccc5c4C(C)(C)CCC5(C)C)cccc32)c1-c1cccc[n+]1C. The summed E-state index contributed by atoms with van der Waals surface area (Å²) in [6.07, 6.45) is 4.50. The molecule has 0 saturated carbocycles. The van der Waals surface area contributed by atoms with Gasteiger partial charge in [-0.25, -0.2) is 4.57 Å². The maximum Gasteiger partial charge on any atom is 0.216 e. The van der Waals surface area contributed by atoms with Gasteiger partial charge in [0.05, 0.1) is 5.56 Å². The van der Waals surface area contributed by atoms with Crippen molar-refractivity contribution in [2.75, 3.05) is 0 Å². The predicted octanol–water partition coefficient (Wildman–Crippen LogP) is 8.40. The number of hydrogen-bond donors (Lipinski definition) is 0. The van der Waals surface area contributed by atoms with E-state index in [1.165, 1.54) is 57.0 Å². The Morgan fingerprint density at radius 2 is 1.43 bits per heavy atom. The first-order chi connectivity index (χ1) is 16.7. The number of furan rings is 1. The van der Waals surface area contributed by atoms with Crippen molar-refractivity contribution >= 4 is 21.9 Å². The van der Waals surface area contributed by atoms with E-state index < -0.39 is 0 Å². The van der Waals surface area contributed by atoms with Crippen molar-refractivity contribution < 1.29 is 8.98 Å². The number of hydrogen-bond acceptors (Lipinski definition) is 1. The van der Waals surface area contributed by atoms with Crippen LogP contribution >= 0.6 is 0 Å². The molecule has 0 N–H and O–H groups in total. The topological polar surface area (TPSA) is 17.0 Å². The zero-order valence-electron chi connectivity index (χ0n) is 21.7. The van der Waals surface area contributed by atoms with Crippen molar-refractivity contribution in [1.29, 1.82) is 0 Å². The Labute approximate surface area is 208 Å². The van der Waals surface area contributed by atoms with E-state index in [1.807, 2.05) is 0 Å². The number of aryl methyl sites for hydroxylation is 2. The van der Waals surface area contributed by atoms with Gasteiger partial charge in [-0.05, 0) is 58.9 Å². The lowest BCUT2D eigenvalue weighted by Crippen LogP contribution is -2.34. The molecule has 0 radical (unpaired) electrons. The van der Waals surface area contributed by atoms with Crippen LogP contribution in [-0.4, -0.2) is 0 Å². The minimum atomic E-state index is 0.120. The molecule has 0 bridgehead atoms. The molecule has 0 fully saturated rings. The Kier molecular flexibility index (Phi) is 4.77. The molecule has 0 atom stereocenters. The van der Waals surface area contributed by atoms with Gasteiger partial charge in [-0.15, -0.1) is 0 Å². The van der Waals surface area contributed by atoms with E-state index in [4.69, 9.17) is 4.42 Å². The molecule has 6 rings (SSSR count). The summed E-state index contributed by atoms with van der Waals surface area (Å²) in [6.45, 7) is 11.8. The van der Waals surface area contributed by atoms with Crippen molar-refractivity contribution in [3.8, 4) is 22.4 Å². The third-order valence-corrected chi connectivity index (χ3v) is 8.32. The second-order valence-electron chi connectivity index (χ2n) is 11.6. The third kappa shape index (κ3) is 3.26. The summed E-state index contributed by atoms with van der Waals surface area (Å²) in [6, 6.07) is 24.3. The maximum absolute atomic E-state index is 6.86. The summed E-state index contributed by atoms with van der Waals surface area (Å²) in [5.41, 5.74) is 11.3. The first kappa shape index (κ1) is 22.1. The number of fused-ring (bicyclic) bond motifs is 4. The van der Waals surface area contributed by atoms with Gasteiger partial charge < -0.3 is 4.42 Å². The van der Waals surface area contributed by atoms with Gasteiger partial charge in [0.15, 0.2) is 6.20 Å². The fraction of sp³-hybridized carbons (Fsp3) is 0.303. The van der Waals surface area contributed by atoms with Crippen LogP contribution < -0.4 is 4.57 Å². The van der Waals surface area contributed by atoms with Crippen molar-refractivity contribution in [3.63, 3.8) is 0 Å². The second kappa shape index (κ2) is 7.55. The average Bonchev–Trinajstić information content (AvgIpc) is 3.21. The van der Waals surface area contributed by atoms with Gasteiger partial charge in [0.2, 0.25) is 5.69 Å². The molecule has 2 heterocycles. The Hall–Kier alpha value is -3.39. The predicted molar refractivity (Wildman–Crippen MR) is 146 cm³/mol. The van der Waals surface area contributed by atoms with Gasteiger partial charge >= 0.3 is 0 Å². The van der Waals surface area contributed by atoms with Gasteiger partial charge in [0.1, 0.15) is 18.2 Å². The number of benzene rings is 3. The lowest BCUT2D eigenvalue weighted by atomic mass is 9.61. The van der Waals surface area contributed by atoms with Crippen LogP contribution in [0.2, 0.25) is 0 Å². The summed E-state index contributed by atoms with van der Waals surface area (Å²) in [4.78, 5) is 0. The molecule has 0 amide bonds. The van der Waals surface area contributed by atoms with Crippen LogP contribution in [0.1, 0.15) is 57.2 Å². The molecule has 35 heavy (non-hydrogen) atoms. The van der Waals surface area contributed by atoms with Crippen molar-refractivity contribution in [3.05, 3.63) is 89.6 Å². The van der Waals surface area contributed by atoms with E-state index >= 15 is 0 Å². The third-order valence-electron chi connectivity index (χ3n) is 8.32. The van der Waals surface area contributed by atoms with Crippen LogP contribution in [0.25, 0.3) is 44.3 Å². The first-order valence-corrected chi connectivity index (χ1v) is 12.7. The zero-order valence-corrected chi connectivity index (χ0v) is 21.7. The summed E-state index contributed by atoms with van der Waals surface area (Å²) in [5, 5.41) is 2.36. The Balaban J connectivity index is 1.69. The van der Waals surface area contributed by atoms with Gasteiger partial charge in [0.25, 0.3) is 0 Å². The number of aromatic nitrogens is 1. The van der Waals surface area contributed by atoms with Gasteiger partial charge in [-0.3, -0.25) is 0 Å². The second-order valence-corrected chi connectivity index (χ2v) is 11.6. The zero-order chi connectivity index (χ0) is 24.5. The van der Waals surface area contributed by atoms with Crippen molar-refractivity contribution in [2.45, 2.75) is 58.3 Å². The van der Waals surface area contributed by atoms with Crippen LogP contribution in [0.3, 0.4) is 0 Å². The van der Waals surface area contributed by atoms with Gasteiger partial charge in [0, 0.05) is 28.5 Å². The molecule has 2 nitrogen and oxygen atoms in total. The maximum atomic E-state index is 6.86. The molecule has 2 heteroatoms. The van der Waals surface area contributed by atoms with E-state index in [0.717, 1.165) is 16.9 Å². The fourth-order valence-electron chi connectivity index (χ4n) is 6.23. The highest BCUT2D eigenvalue weighted by Crippen LogP contribution is 2.50. The molecule has 0 aliphatic heterocycles. The van der Waals surface area contributed by atoms with Crippen LogP contribution in [0.5, 0.6) is 0 Å². The quantitative estimate of drug-likeness (QED) is 0.242. The van der Waals surface area contributed by atoms with E-state index in [2.05, 4.69) is 119 Å². The van der Waals surface area contributed by atoms with Gasteiger partial charge in [-0.2, -0.15) is 0 Å². The number of nitrogens with zero attached hydrogens (tertiary/aromatic N) is 1. The van der Waals surface area contributed by atoms with Crippen LogP contribution in [0.15, 0.2) is 77.3 Å². The van der Waals surface area contributed by atoms with Crippen molar-refractivity contribution in [1.82, 2.24) is 0 Å². The Morgan fingerprint density at radius 3 is 2.23 bits per heavy atom. The summed E-state index contributed by atoms with van der Waals surface area (Å²) in [7, 11) is 2.10. The number of pyridine rings is 1. The minimum absolute atomic E-state index is 0.120. The summed E-state index contributed by atoms with van der Waals surface area (Å²) in [5.74, 6) is 0. The van der Waals surface area contributed by atoms with Crippen molar-refractivity contribution in [2.24, 2.45) is 7.05 Å². The molecule has 3 aromatic carbocycles. The lowest BCUT2D eigenvalue weighted by molar-refractivity contribution is -0.660. The molecule has 1 aliphatic rings. The number of rotatable bonds is 2. The lowest BCUT2D eigenvalue weighted by Gasteiger charge is -2.43. The number of para-hydroxylation sites is 1. The largest absolute Gasteiger partial charge is 0.454 e. The van der Waals surface area contributed by atoms with Crippen LogP contribution in [0.4, 0.5) is 0 Å². The molecule has 1 aliphatic carbocycles. The van der Waals surface area contributed by atoms with Crippen LogP contribution in [-0.2, 0) is 17.9 Å². The van der Waals surface area contributed by atoms with Gasteiger partial charge in [-0.1, -0.05) is 76.2 Å².